The fourth-order valence-corrected chi connectivity index (χ4v) is 5.29. The van der Waals surface area contributed by atoms with Crippen molar-refractivity contribution in [3.8, 4) is 11.5 Å². The molecular weight excluding hydrogens is 428 g/mol. The van der Waals surface area contributed by atoms with E-state index < -0.39 is 47.0 Å². The second-order valence-corrected chi connectivity index (χ2v) is 9.41. The van der Waals surface area contributed by atoms with Crippen molar-refractivity contribution in [2.45, 2.75) is 21.6 Å². The van der Waals surface area contributed by atoms with Gasteiger partial charge in [0, 0.05) is 0 Å². The van der Waals surface area contributed by atoms with Crippen LogP contribution in [0.25, 0.3) is 0 Å². The molecule has 2 aromatic carbocycles. The number of rotatable bonds is 6. The predicted octanol–water partition coefficient (Wildman–Crippen LogP) is 1.04. The van der Waals surface area contributed by atoms with Gasteiger partial charge in [-0.3, -0.25) is 19.8 Å². The maximum absolute atomic E-state index is 13.2. The van der Waals surface area contributed by atoms with E-state index in [0.717, 1.165) is 25.3 Å². The predicted molar refractivity (Wildman–Crippen MR) is 97.1 cm³/mol. The van der Waals surface area contributed by atoms with Crippen LogP contribution in [0.15, 0.2) is 39.0 Å². The lowest BCUT2D eigenvalue weighted by molar-refractivity contribution is -0.109. The highest BCUT2D eigenvalue weighted by Gasteiger charge is 2.38. The van der Waals surface area contributed by atoms with E-state index in [4.69, 9.17) is 4.74 Å². The SMILES string of the molecule is COS(=O)(=O)c1cc(C(=O)O)cc2c1Oc1c(C)cc(NNC=O)cc1S2(=O)=O. The van der Waals surface area contributed by atoms with Gasteiger partial charge in [-0.1, -0.05) is 0 Å². The Morgan fingerprint density at radius 2 is 1.83 bits per heavy atom. The fraction of sp³-hybridized carbons (Fsp3) is 0.125. The third kappa shape index (κ3) is 3.39. The molecule has 11 nitrogen and oxygen atoms in total. The second kappa shape index (κ2) is 7.02. The summed E-state index contributed by atoms with van der Waals surface area (Å²) in [6.07, 6.45) is 0.343. The van der Waals surface area contributed by atoms with Crippen molar-refractivity contribution in [3.63, 3.8) is 0 Å². The van der Waals surface area contributed by atoms with Gasteiger partial charge >= 0.3 is 16.1 Å². The molecule has 1 heterocycles. The standard InChI is InChI=1S/C16H14N2O9S2/c1-8-3-10(18-17-7-19)6-12-14(8)27-15-11(28(12,22)23)4-9(16(20)21)5-13(15)29(24,25)26-2/h3-7,18H,1-2H3,(H,17,19)(H,20,21). The van der Waals surface area contributed by atoms with Gasteiger partial charge in [0.25, 0.3) is 0 Å². The Morgan fingerprint density at radius 3 is 2.41 bits per heavy atom. The number of carbonyl (C=O) groups excluding carboxylic acids is 1. The second-order valence-electron chi connectivity index (χ2n) is 5.84. The number of hydrazine groups is 1. The van der Waals surface area contributed by atoms with Crippen LogP contribution in [0.1, 0.15) is 15.9 Å². The summed E-state index contributed by atoms with van der Waals surface area (Å²) in [4.78, 5) is 20.2. The molecule has 0 spiro atoms. The molecule has 1 amide bonds. The van der Waals surface area contributed by atoms with Gasteiger partial charge in [-0.05, 0) is 36.8 Å². The van der Waals surface area contributed by atoms with Gasteiger partial charge in [-0.25, -0.2) is 13.2 Å². The molecule has 0 aliphatic carbocycles. The van der Waals surface area contributed by atoms with Gasteiger partial charge in [0.15, 0.2) is 5.75 Å². The average Bonchev–Trinajstić information content (AvgIpc) is 2.66. The maximum atomic E-state index is 13.2. The number of fused-ring (bicyclic) bond motifs is 2. The molecule has 2 aromatic rings. The number of hydrogen-bond acceptors (Lipinski definition) is 9. The van der Waals surface area contributed by atoms with E-state index in [2.05, 4.69) is 15.0 Å². The molecule has 1 aliphatic heterocycles. The first kappa shape index (κ1) is 20.6. The number of aryl methyl sites for hydroxylation is 1. The largest absolute Gasteiger partial charge is 0.478 e. The quantitative estimate of drug-likeness (QED) is 0.285. The first-order valence-electron chi connectivity index (χ1n) is 7.77. The number of anilines is 1. The first-order chi connectivity index (χ1) is 13.5. The molecule has 0 saturated heterocycles. The van der Waals surface area contributed by atoms with Gasteiger partial charge in [0.1, 0.15) is 20.4 Å². The lowest BCUT2D eigenvalue weighted by atomic mass is 10.2. The van der Waals surface area contributed by atoms with E-state index in [-0.39, 0.29) is 16.3 Å². The molecule has 0 aromatic heterocycles. The highest BCUT2D eigenvalue weighted by atomic mass is 32.2. The van der Waals surface area contributed by atoms with Crippen molar-refractivity contribution in [2.75, 3.05) is 12.5 Å². The third-order valence-corrected chi connectivity index (χ3v) is 7.10. The van der Waals surface area contributed by atoms with Crippen LogP contribution in [0.5, 0.6) is 11.5 Å². The van der Waals surface area contributed by atoms with Gasteiger partial charge in [0.05, 0.1) is 18.4 Å². The minimum atomic E-state index is -4.50. The Kier molecular flexibility index (Phi) is 4.98. The number of aromatic carboxylic acids is 1. The fourth-order valence-electron chi connectivity index (χ4n) is 2.75. The molecule has 1 aliphatic rings. The van der Waals surface area contributed by atoms with Gasteiger partial charge in [0.2, 0.25) is 16.2 Å². The summed E-state index contributed by atoms with van der Waals surface area (Å²) in [7, 11) is -8.03. The van der Waals surface area contributed by atoms with Crippen LogP contribution < -0.4 is 15.6 Å². The average molecular weight is 442 g/mol. The van der Waals surface area contributed by atoms with Crippen molar-refractivity contribution in [1.29, 1.82) is 0 Å². The minimum Gasteiger partial charge on any atom is -0.478 e. The number of carboxylic acid groups (broad SMARTS) is 1. The molecular formula is C16H14N2O9S2. The van der Waals surface area contributed by atoms with E-state index in [0.29, 0.717) is 12.0 Å². The first-order valence-corrected chi connectivity index (χ1v) is 10.7. The van der Waals surface area contributed by atoms with Crippen LogP contribution >= 0.6 is 0 Å². The van der Waals surface area contributed by atoms with E-state index in [9.17, 15) is 31.5 Å². The molecule has 0 unspecified atom stereocenters. The van der Waals surface area contributed by atoms with Crippen molar-refractivity contribution < 1.29 is 40.5 Å². The lowest BCUT2D eigenvalue weighted by Gasteiger charge is -2.24. The normalized spacial score (nSPS) is 14.1. The molecule has 3 N–H and O–H groups in total. The number of carboxylic acids is 1. The highest BCUT2D eigenvalue weighted by molar-refractivity contribution is 7.92. The Hall–Kier alpha value is -3.16. The number of hydrogen-bond donors (Lipinski definition) is 3. The Balaban J connectivity index is 2.35. The van der Waals surface area contributed by atoms with Crippen molar-refractivity contribution in [1.82, 2.24) is 5.43 Å². The monoisotopic (exact) mass is 442 g/mol. The zero-order chi connectivity index (χ0) is 21.6. The summed E-state index contributed by atoms with van der Waals surface area (Å²) in [5.74, 6) is -2.23. The Morgan fingerprint density at radius 1 is 1.17 bits per heavy atom. The van der Waals surface area contributed by atoms with Crippen LogP contribution in [0.3, 0.4) is 0 Å². The van der Waals surface area contributed by atoms with Crippen LogP contribution in [-0.4, -0.2) is 41.4 Å². The van der Waals surface area contributed by atoms with E-state index in [1.165, 1.54) is 13.0 Å². The summed E-state index contributed by atoms with van der Waals surface area (Å²) >= 11 is 0. The van der Waals surface area contributed by atoms with Crippen molar-refractivity contribution in [3.05, 3.63) is 35.4 Å². The number of carbonyl (C=O) groups is 2. The number of nitrogens with one attached hydrogen (secondary N) is 2. The van der Waals surface area contributed by atoms with Crippen LogP contribution in [0.2, 0.25) is 0 Å². The summed E-state index contributed by atoms with van der Waals surface area (Å²) < 4.78 is 61.0. The van der Waals surface area contributed by atoms with Crippen LogP contribution in [0.4, 0.5) is 5.69 Å². The summed E-state index contributed by atoms with van der Waals surface area (Å²) in [6, 6.07) is 4.20. The molecule has 154 valence electrons. The zero-order valence-electron chi connectivity index (χ0n) is 14.9. The number of amides is 1. The molecule has 29 heavy (non-hydrogen) atoms. The van der Waals surface area contributed by atoms with Crippen molar-refractivity contribution in [2.24, 2.45) is 0 Å². The summed E-state index contributed by atoms with van der Waals surface area (Å²) in [5.41, 5.74) is 4.59. The number of sulfone groups is 1. The maximum Gasteiger partial charge on any atom is 0.335 e. The van der Waals surface area contributed by atoms with Gasteiger partial charge < -0.3 is 9.84 Å². The molecule has 0 fully saturated rings. The van der Waals surface area contributed by atoms with Crippen LogP contribution in [0, 0.1) is 6.92 Å². The summed E-state index contributed by atoms with van der Waals surface area (Å²) in [5, 5.41) is 9.28. The zero-order valence-corrected chi connectivity index (χ0v) is 16.5. The topological polar surface area (TPSA) is 165 Å². The molecule has 0 radical (unpaired) electrons. The summed E-state index contributed by atoms with van der Waals surface area (Å²) in [6.45, 7) is 1.52. The molecule has 13 heteroatoms. The van der Waals surface area contributed by atoms with E-state index in [1.807, 2.05) is 0 Å². The smallest absolute Gasteiger partial charge is 0.335 e. The number of ether oxygens (including phenoxy) is 1. The molecule has 3 rings (SSSR count). The molecule has 0 saturated carbocycles. The Bertz CT molecular complexity index is 1250. The third-order valence-electron chi connectivity index (χ3n) is 4.06. The lowest BCUT2D eigenvalue weighted by Crippen LogP contribution is -2.21. The van der Waals surface area contributed by atoms with Gasteiger partial charge in [-0.2, -0.15) is 8.42 Å². The molecule has 0 atom stereocenters. The highest BCUT2D eigenvalue weighted by Crippen LogP contribution is 2.48. The minimum absolute atomic E-state index is 0.134. The van der Waals surface area contributed by atoms with Gasteiger partial charge in [-0.15, -0.1) is 0 Å². The Labute approximate surface area is 165 Å². The van der Waals surface area contributed by atoms with E-state index in [1.54, 1.807) is 0 Å². The van der Waals surface area contributed by atoms with E-state index >= 15 is 0 Å². The molecule has 0 bridgehead atoms. The van der Waals surface area contributed by atoms with Crippen molar-refractivity contribution >= 4 is 38.0 Å². The number of benzene rings is 2. The van der Waals surface area contributed by atoms with Crippen LogP contribution in [-0.2, 0) is 28.9 Å².